The van der Waals surface area contributed by atoms with Crippen LogP contribution in [0, 0.1) is 17.2 Å². The Morgan fingerprint density at radius 3 is 2.21 bits per heavy atom. The standard InChI is InChI=1S/C33H44FN3.C2H6/c1-4-33(34,5-2)25-36-21-17-27(18-22-36)9-10-28-11-16-32(31(23-28)24-35)30-14-12-29(13-15-30)26(3)37-19-7-6-8-20-37;1-2/h11-16,23,27H,3-10,17-22,25H2,1-2H3;1-2H3. The lowest BCUT2D eigenvalue weighted by Crippen LogP contribution is -2.43. The number of likely N-dealkylation sites (tertiary alicyclic amines) is 2. The molecule has 0 unspecified atom stereocenters. The predicted molar refractivity (Wildman–Crippen MR) is 164 cm³/mol. The zero-order valence-electron chi connectivity index (χ0n) is 24.9. The van der Waals surface area contributed by atoms with Gasteiger partial charge in [0.05, 0.1) is 11.6 Å². The van der Waals surface area contributed by atoms with E-state index in [9.17, 15) is 9.65 Å². The molecule has 0 spiro atoms. The highest BCUT2D eigenvalue weighted by Gasteiger charge is 2.30. The van der Waals surface area contributed by atoms with Gasteiger partial charge in [-0.1, -0.05) is 70.7 Å². The summed E-state index contributed by atoms with van der Waals surface area (Å²) < 4.78 is 14.8. The summed E-state index contributed by atoms with van der Waals surface area (Å²) in [6.07, 6.45) is 9.39. The molecule has 2 aromatic carbocycles. The first-order valence-electron chi connectivity index (χ1n) is 15.4. The molecule has 212 valence electrons. The molecule has 2 aliphatic heterocycles. The van der Waals surface area contributed by atoms with E-state index in [1.807, 2.05) is 27.7 Å². The number of benzene rings is 2. The fourth-order valence-corrected chi connectivity index (χ4v) is 5.96. The number of nitrogens with zero attached hydrogens (tertiary/aromatic N) is 3. The van der Waals surface area contributed by atoms with Crippen molar-refractivity contribution in [2.24, 2.45) is 5.92 Å². The van der Waals surface area contributed by atoms with Crippen LogP contribution in [0.5, 0.6) is 0 Å². The molecule has 0 atom stereocenters. The molecule has 0 saturated carbocycles. The van der Waals surface area contributed by atoms with Gasteiger partial charge in [-0.05, 0) is 105 Å². The van der Waals surface area contributed by atoms with Gasteiger partial charge in [0.1, 0.15) is 5.67 Å². The van der Waals surface area contributed by atoms with Crippen molar-refractivity contribution in [3.05, 3.63) is 65.7 Å². The Labute approximate surface area is 237 Å². The van der Waals surface area contributed by atoms with E-state index in [0.717, 1.165) is 79.8 Å². The largest absolute Gasteiger partial charge is 0.372 e. The van der Waals surface area contributed by atoms with E-state index >= 15 is 0 Å². The van der Waals surface area contributed by atoms with Crippen LogP contribution in [0.3, 0.4) is 0 Å². The maximum atomic E-state index is 14.8. The first kappa shape index (κ1) is 30.9. The molecule has 0 aliphatic carbocycles. The van der Waals surface area contributed by atoms with Gasteiger partial charge in [-0.3, -0.25) is 0 Å². The molecule has 0 amide bonds. The number of hydrogen-bond acceptors (Lipinski definition) is 3. The SMILES string of the molecule is C=C(c1ccc(-c2ccc(CCC3CCN(CC(F)(CC)CC)CC3)cc2C#N)cc1)N1CCCCC1.CC. The van der Waals surface area contributed by atoms with Crippen molar-refractivity contribution in [2.45, 2.75) is 91.2 Å². The minimum absolute atomic E-state index is 0.576. The van der Waals surface area contributed by atoms with Gasteiger partial charge in [0.15, 0.2) is 0 Å². The van der Waals surface area contributed by atoms with Crippen LogP contribution in [0.1, 0.15) is 95.8 Å². The van der Waals surface area contributed by atoms with Gasteiger partial charge in [0.25, 0.3) is 0 Å². The molecule has 0 bridgehead atoms. The number of piperidine rings is 2. The maximum Gasteiger partial charge on any atom is 0.123 e. The van der Waals surface area contributed by atoms with Gasteiger partial charge < -0.3 is 9.80 Å². The number of hydrogen-bond donors (Lipinski definition) is 0. The zero-order valence-corrected chi connectivity index (χ0v) is 24.9. The summed E-state index contributed by atoms with van der Waals surface area (Å²) in [6.45, 7) is 17.0. The maximum absolute atomic E-state index is 14.8. The van der Waals surface area contributed by atoms with Gasteiger partial charge in [-0.2, -0.15) is 5.26 Å². The molecule has 2 fully saturated rings. The average Bonchev–Trinajstić information content (AvgIpc) is 3.01. The van der Waals surface area contributed by atoms with E-state index in [4.69, 9.17) is 0 Å². The molecule has 3 nitrogen and oxygen atoms in total. The summed E-state index contributed by atoms with van der Waals surface area (Å²) in [5.41, 5.74) is 5.28. The minimum Gasteiger partial charge on any atom is -0.372 e. The highest BCUT2D eigenvalue weighted by molar-refractivity contribution is 5.73. The lowest BCUT2D eigenvalue weighted by molar-refractivity contribution is 0.0628. The molecule has 4 heteroatoms. The molecule has 2 aliphatic rings. The first-order chi connectivity index (χ1) is 18.9. The van der Waals surface area contributed by atoms with Crippen LogP contribution in [-0.2, 0) is 6.42 Å². The zero-order chi connectivity index (χ0) is 28.3. The monoisotopic (exact) mass is 531 g/mol. The molecule has 39 heavy (non-hydrogen) atoms. The third-order valence-electron chi connectivity index (χ3n) is 8.79. The van der Waals surface area contributed by atoms with Gasteiger partial charge in [-0.15, -0.1) is 0 Å². The summed E-state index contributed by atoms with van der Waals surface area (Å²) in [4.78, 5) is 4.71. The second-order valence-corrected chi connectivity index (χ2v) is 11.2. The topological polar surface area (TPSA) is 30.3 Å². The van der Waals surface area contributed by atoms with Crippen molar-refractivity contribution in [2.75, 3.05) is 32.7 Å². The molecule has 0 N–H and O–H groups in total. The lowest BCUT2D eigenvalue weighted by atomic mass is 9.88. The first-order valence-corrected chi connectivity index (χ1v) is 15.4. The fourth-order valence-electron chi connectivity index (χ4n) is 5.96. The lowest BCUT2D eigenvalue weighted by Gasteiger charge is -2.36. The fraction of sp³-hybridized carbons (Fsp3) is 0.571. The Bertz CT molecular complexity index is 1070. The van der Waals surface area contributed by atoms with Crippen molar-refractivity contribution < 1.29 is 4.39 Å². The Morgan fingerprint density at radius 1 is 0.974 bits per heavy atom. The Kier molecular flexibility index (Phi) is 12.1. The molecule has 2 heterocycles. The van der Waals surface area contributed by atoms with Crippen molar-refractivity contribution in [3.63, 3.8) is 0 Å². The van der Waals surface area contributed by atoms with E-state index in [-0.39, 0.29) is 0 Å². The van der Waals surface area contributed by atoms with Crippen molar-refractivity contribution in [3.8, 4) is 17.2 Å². The molecule has 4 rings (SSSR count). The highest BCUT2D eigenvalue weighted by Crippen LogP contribution is 2.30. The van der Waals surface area contributed by atoms with E-state index in [1.165, 1.54) is 24.8 Å². The van der Waals surface area contributed by atoms with Gasteiger partial charge in [-0.25, -0.2) is 4.39 Å². The smallest absolute Gasteiger partial charge is 0.123 e. The van der Waals surface area contributed by atoms with Gasteiger partial charge in [0, 0.05) is 25.3 Å². The highest BCUT2D eigenvalue weighted by atomic mass is 19.1. The molecule has 0 radical (unpaired) electrons. The number of rotatable bonds is 10. The predicted octanol–water partition coefficient (Wildman–Crippen LogP) is 8.88. The Morgan fingerprint density at radius 2 is 1.62 bits per heavy atom. The number of alkyl halides is 1. The van der Waals surface area contributed by atoms with Crippen molar-refractivity contribution in [1.82, 2.24) is 9.80 Å². The van der Waals surface area contributed by atoms with Gasteiger partial charge >= 0.3 is 0 Å². The molecule has 0 aromatic heterocycles. The molecular formula is C35H50FN3. The van der Waals surface area contributed by atoms with Crippen LogP contribution in [0.15, 0.2) is 49.0 Å². The van der Waals surface area contributed by atoms with E-state index in [1.54, 1.807) is 0 Å². The van der Waals surface area contributed by atoms with Crippen LogP contribution < -0.4 is 0 Å². The summed E-state index contributed by atoms with van der Waals surface area (Å²) in [5, 5.41) is 9.89. The van der Waals surface area contributed by atoms with Crippen LogP contribution >= 0.6 is 0 Å². The molecule has 2 aromatic rings. The van der Waals surface area contributed by atoms with E-state index < -0.39 is 5.67 Å². The number of halogens is 1. The summed E-state index contributed by atoms with van der Waals surface area (Å²) in [7, 11) is 0. The second-order valence-electron chi connectivity index (χ2n) is 11.2. The van der Waals surface area contributed by atoms with E-state index in [2.05, 4.69) is 64.9 Å². The van der Waals surface area contributed by atoms with E-state index in [0.29, 0.717) is 25.3 Å². The molecular weight excluding hydrogens is 481 g/mol. The van der Waals surface area contributed by atoms with Gasteiger partial charge in [0.2, 0.25) is 0 Å². The third-order valence-corrected chi connectivity index (χ3v) is 8.79. The Hall–Kier alpha value is -2.64. The average molecular weight is 532 g/mol. The van der Waals surface area contributed by atoms with Crippen molar-refractivity contribution in [1.29, 1.82) is 5.26 Å². The Balaban J connectivity index is 0.00000205. The third kappa shape index (κ3) is 8.42. The molecule has 2 saturated heterocycles. The van der Waals surface area contributed by atoms with Crippen LogP contribution in [0.25, 0.3) is 16.8 Å². The summed E-state index contributed by atoms with van der Waals surface area (Å²) >= 11 is 0. The van der Waals surface area contributed by atoms with Crippen LogP contribution in [-0.4, -0.2) is 48.2 Å². The van der Waals surface area contributed by atoms with Crippen molar-refractivity contribution >= 4 is 5.70 Å². The number of aryl methyl sites for hydroxylation is 1. The quantitative estimate of drug-likeness (QED) is 0.307. The summed E-state index contributed by atoms with van der Waals surface area (Å²) in [5.74, 6) is 0.680. The van der Waals surface area contributed by atoms with Crippen LogP contribution in [0.4, 0.5) is 4.39 Å². The second kappa shape index (κ2) is 15.2. The minimum atomic E-state index is -1.04. The summed E-state index contributed by atoms with van der Waals surface area (Å²) in [6, 6.07) is 17.3. The van der Waals surface area contributed by atoms with Crippen LogP contribution in [0.2, 0.25) is 0 Å². The normalized spacial score (nSPS) is 16.8. The number of nitriles is 1.